The maximum absolute atomic E-state index is 11.5. The maximum Gasteiger partial charge on any atom is 0.222 e. The second kappa shape index (κ2) is 3.61. The van der Waals surface area contributed by atoms with Gasteiger partial charge < -0.3 is 4.90 Å². The highest BCUT2D eigenvalue weighted by molar-refractivity contribution is 5.78. The molecule has 0 aromatic rings. The van der Waals surface area contributed by atoms with Crippen molar-refractivity contribution in [3.05, 3.63) is 0 Å². The summed E-state index contributed by atoms with van der Waals surface area (Å²) in [5.41, 5.74) is 0. The summed E-state index contributed by atoms with van der Waals surface area (Å²) in [5, 5.41) is 8.96. The first kappa shape index (κ1) is 9.51. The molecule has 14 heavy (non-hydrogen) atoms. The van der Waals surface area contributed by atoms with E-state index in [4.69, 9.17) is 5.26 Å². The second-order valence-corrected chi connectivity index (χ2v) is 4.68. The van der Waals surface area contributed by atoms with Gasteiger partial charge in [0.05, 0.1) is 12.0 Å². The average Bonchev–Trinajstić information content (AvgIpc) is 2.91. The van der Waals surface area contributed by atoms with Gasteiger partial charge in [0.15, 0.2) is 0 Å². The number of amides is 1. The van der Waals surface area contributed by atoms with Crippen molar-refractivity contribution in [3.63, 3.8) is 0 Å². The number of hydrogen-bond donors (Lipinski definition) is 0. The van der Waals surface area contributed by atoms with E-state index in [0.717, 1.165) is 6.54 Å². The van der Waals surface area contributed by atoms with Crippen LogP contribution in [-0.4, -0.2) is 23.9 Å². The highest BCUT2D eigenvalue weighted by Gasteiger charge is 2.35. The van der Waals surface area contributed by atoms with Crippen LogP contribution in [0.2, 0.25) is 0 Å². The summed E-state index contributed by atoms with van der Waals surface area (Å²) in [6.07, 6.45) is 3.02. The summed E-state index contributed by atoms with van der Waals surface area (Å²) in [6, 6.07) is 2.33. The molecule has 76 valence electrons. The lowest BCUT2D eigenvalue weighted by Crippen LogP contribution is -2.31. The molecule has 2 unspecified atom stereocenters. The summed E-state index contributed by atoms with van der Waals surface area (Å²) in [6.45, 7) is 3.62. The summed E-state index contributed by atoms with van der Waals surface area (Å²) >= 11 is 0. The zero-order valence-electron chi connectivity index (χ0n) is 8.57. The topological polar surface area (TPSA) is 44.1 Å². The van der Waals surface area contributed by atoms with Crippen molar-refractivity contribution < 1.29 is 4.79 Å². The fourth-order valence-corrected chi connectivity index (χ4v) is 2.18. The van der Waals surface area contributed by atoms with Gasteiger partial charge in [-0.05, 0) is 24.7 Å². The third-order valence-corrected chi connectivity index (χ3v) is 3.18. The summed E-state index contributed by atoms with van der Waals surface area (Å²) in [5.74, 6) is 1.37. The van der Waals surface area contributed by atoms with Crippen molar-refractivity contribution >= 4 is 5.91 Å². The number of rotatable bonds is 3. The molecule has 1 heterocycles. The molecule has 1 aliphatic carbocycles. The Morgan fingerprint density at radius 1 is 1.64 bits per heavy atom. The van der Waals surface area contributed by atoms with Crippen LogP contribution in [-0.2, 0) is 4.79 Å². The third-order valence-electron chi connectivity index (χ3n) is 3.18. The molecule has 2 rings (SSSR count). The molecule has 2 fully saturated rings. The normalized spacial score (nSPS) is 29.0. The monoisotopic (exact) mass is 192 g/mol. The van der Waals surface area contributed by atoms with Gasteiger partial charge in [-0.3, -0.25) is 4.79 Å². The Hall–Kier alpha value is -1.04. The molecule has 1 aliphatic heterocycles. The second-order valence-electron chi connectivity index (χ2n) is 4.68. The van der Waals surface area contributed by atoms with Gasteiger partial charge in [0.25, 0.3) is 0 Å². The first-order chi connectivity index (χ1) is 6.70. The first-order valence-electron chi connectivity index (χ1n) is 5.38. The van der Waals surface area contributed by atoms with Gasteiger partial charge in [0.2, 0.25) is 5.91 Å². The van der Waals surface area contributed by atoms with E-state index in [2.05, 4.69) is 13.0 Å². The summed E-state index contributed by atoms with van der Waals surface area (Å²) in [4.78, 5) is 13.4. The minimum absolute atomic E-state index is 0.0873. The van der Waals surface area contributed by atoms with Crippen molar-refractivity contribution in [2.75, 3.05) is 13.1 Å². The Labute approximate surface area is 84.7 Å². The van der Waals surface area contributed by atoms with Crippen molar-refractivity contribution in [2.24, 2.45) is 17.8 Å². The highest BCUT2D eigenvalue weighted by Crippen LogP contribution is 2.37. The van der Waals surface area contributed by atoms with E-state index in [9.17, 15) is 4.79 Å². The van der Waals surface area contributed by atoms with Crippen LogP contribution in [0.3, 0.4) is 0 Å². The average molecular weight is 192 g/mol. The van der Waals surface area contributed by atoms with Crippen molar-refractivity contribution in [1.82, 2.24) is 4.90 Å². The lowest BCUT2D eigenvalue weighted by Gasteiger charge is -2.19. The van der Waals surface area contributed by atoms with Gasteiger partial charge in [-0.2, -0.15) is 5.26 Å². The van der Waals surface area contributed by atoms with Crippen LogP contribution in [0.15, 0.2) is 0 Å². The largest absolute Gasteiger partial charge is 0.341 e. The molecule has 1 amide bonds. The van der Waals surface area contributed by atoms with Crippen LogP contribution in [0.5, 0.6) is 0 Å². The molecule has 0 radical (unpaired) electrons. The number of likely N-dealkylation sites (tertiary alicyclic amines) is 1. The van der Waals surface area contributed by atoms with Crippen LogP contribution >= 0.6 is 0 Å². The number of carbonyl (C=O) groups excluding carboxylic acids is 1. The van der Waals surface area contributed by atoms with Crippen molar-refractivity contribution in [3.8, 4) is 6.07 Å². The molecular weight excluding hydrogens is 176 g/mol. The molecule has 0 aromatic heterocycles. The van der Waals surface area contributed by atoms with Crippen LogP contribution < -0.4 is 0 Å². The zero-order chi connectivity index (χ0) is 10.1. The summed E-state index contributed by atoms with van der Waals surface area (Å²) < 4.78 is 0. The maximum atomic E-state index is 11.5. The Balaban J connectivity index is 1.90. The highest BCUT2D eigenvalue weighted by atomic mass is 16.2. The Morgan fingerprint density at radius 2 is 2.36 bits per heavy atom. The Kier molecular flexibility index (Phi) is 2.45. The van der Waals surface area contributed by atoms with Crippen molar-refractivity contribution in [2.45, 2.75) is 26.2 Å². The predicted octanol–water partition coefficient (Wildman–Crippen LogP) is 1.40. The molecule has 3 nitrogen and oxygen atoms in total. The Bertz CT molecular complexity index is 278. The van der Waals surface area contributed by atoms with Crippen LogP contribution in [0.1, 0.15) is 26.2 Å². The standard InChI is InChI=1S/C11H16N2O/c1-8-4-11(14)13(6-8)7-10(5-12)9-2-3-9/h8-10H,2-4,6-7H2,1H3. The zero-order valence-corrected chi connectivity index (χ0v) is 8.57. The molecule has 3 heteroatoms. The molecule has 2 aliphatic rings. The molecule has 1 saturated carbocycles. The molecule has 2 atom stereocenters. The Morgan fingerprint density at radius 3 is 2.79 bits per heavy atom. The predicted molar refractivity (Wildman–Crippen MR) is 52.2 cm³/mol. The van der Waals surface area contributed by atoms with Crippen LogP contribution in [0.25, 0.3) is 0 Å². The number of nitrogens with zero attached hydrogens (tertiary/aromatic N) is 2. The van der Waals surface area contributed by atoms with Crippen molar-refractivity contribution in [1.29, 1.82) is 5.26 Å². The lowest BCUT2D eigenvalue weighted by molar-refractivity contribution is -0.128. The van der Waals surface area contributed by atoms with Gasteiger partial charge in [-0.15, -0.1) is 0 Å². The molecule has 0 bridgehead atoms. The number of carbonyl (C=O) groups is 1. The fourth-order valence-electron chi connectivity index (χ4n) is 2.18. The van der Waals surface area contributed by atoms with Gasteiger partial charge >= 0.3 is 0 Å². The van der Waals surface area contributed by atoms with Gasteiger partial charge in [-0.25, -0.2) is 0 Å². The number of nitriles is 1. The lowest BCUT2D eigenvalue weighted by atomic mass is 10.1. The van der Waals surface area contributed by atoms with Crippen LogP contribution in [0, 0.1) is 29.1 Å². The van der Waals surface area contributed by atoms with Crippen LogP contribution in [0.4, 0.5) is 0 Å². The SMILES string of the molecule is CC1CC(=O)N(CC(C#N)C2CC2)C1. The van der Waals surface area contributed by atoms with Gasteiger partial charge in [-0.1, -0.05) is 6.92 Å². The smallest absolute Gasteiger partial charge is 0.222 e. The molecule has 0 N–H and O–H groups in total. The first-order valence-corrected chi connectivity index (χ1v) is 5.38. The molecular formula is C11H16N2O. The van der Waals surface area contributed by atoms with E-state index < -0.39 is 0 Å². The quantitative estimate of drug-likeness (QED) is 0.678. The van der Waals surface area contributed by atoms with E-state index in [1.54, 1.807) is 0 Å². The van der Waals surface area contributed by atoms with E-state index in [1.165, 1.54) is 12.8 Å². The van der Waals surface area contributed by atoms with E-state index in [-0.39, 0.29) is 11.8 Å². The molecule has 1 saturated heterocycles. The van der Waals surface area contributed by atoms with E-state index >= 15 is 0 Å². The third kappa shape index (κ3) is 1.89. The minimum atomic E-state index is 0.0873. The van der Waals surface area contributed by atoms with E-state index in [1.807, 2.05) is 4.90 Å². The molecule has 0 aromatic carbocycles. The van der Waals surface area contributed by atoms with Gasteiger partial charge in [0, 0.05) is 19.5 Å². The molecule has 0 spiro atoms. The number of hydrogen-bond acceptors (Lipinski definition) is 2. The fraction of sp³-hybridized carbons (Fsp3) is 0.818. The summed E-state index contributed by atoms with van der Waals surface area (Å²) in [7, 11) is 0. The van der Waals surface area contributed by atoms with Gasteiger partial charge in [0.1, 0.15) is 0 Å². The van der Waals surface area contributed by atoms with E-state index in [0.29, 0.717) is 24.8 Å². The minimum Gasteiger partial charge on any atom is -0.341 e.